The van der Waals surface area contributed by atoms with Gasteiger partial charge in [-0.05, 0) is 62.2 Å². The van der Waals surface area contributed by atoms with Gasteiger partial charge in [0, 0.05) is 11.9 Å². The molecular weight excluding hydrogens is 338 g/mol. The average molecular weight is 361 g/mol. The van der Waals surface area contributed by atoms with Crippen LogP contribution in [0.15, 0.2) is 60.8 Å². The molecule has 0 radical (unpaired) electrons. The fourth-order valence-electron chi connectivity index (χ4n) is 2.66. The van der Waals surface area contributed by atoms with Crippen LogP contribution in [0.5, 0.6) is 5.75 Å². The number of hydrogen-bond acceptors (Lipinski definition) is 4. The summed E-state index contributed by atoms with van der Waals surface area (Å²) in [6.07, 6.45) is 1.56. The van der Waals surface area contributed by atoms with Crippen LogP contribution in [0.2, 0.25) is 0 Å². The van der Waals surface area contributed by atoms with Crippen molar-refractivity contribution in [2.45, 2.75) is 20.8 Å². The molecule has 0 aliphatic carbocycles. The Balaban J connectivity index is 1.72. The van der Waals surface area contributed by atoms with Gasteiger partial charge in [0.2, 0.25) is 0 Å². The minimum absolute atomic E-state index is 0.183. The Morgan fingerprint density at radius 2 is 1.85 bits per heavy atom. The van der Waals surface area contributed by atoms with Crippen molar-refractivity contribution < 1.29 is 9.53 Å². The predicted octanol–water partition coefficient (Wildman–Crippen LogP) is 5.09. The van der Waals surface area contributed by atoms with Gasteiger partial charge in [-0.2, -0.15) is 0 Å². The molecule has 0 fully saturated rings. The molecule has 0 unspecified atom stereocenters. The first-order valence-electron chi connectivity index (χ1n) is 8.90. The van der Waals surface area contributed by atoms with E-state index >= 15 is 0 Å². The van der Waals surface area contributed by atoms with E-state index in [1.165, 1.54) is 0 Å². The fraction of sp³-hybridized carbons (Fsp3) is 0.182. The molecular formula is C22H23N3O2. The maximum Gasteiger partial charge on any atom is 0.257 e. The van der Waals surface area contributed by atoms with Crippen molar-refractivity contribution in [3.05, 3.63) is 77.5 Å². The Hall–Kier alpha value is -3.34. The maximum absolute atomic E-state index is 12.5. The monoisotopic (exact) mass is 361 g/mol. The van der Waals surface area contributed by atoms with Crippen LogP contribution in [0.3, 0.4) is 0 Å². The summed E-state index contributed by atoms with van der Waals surface area (Å²) in [5.41, 5.74) is 4.26. The lowest BCUT2D eigenvalue weighted by Gasteiger charge is -2.12. The number of carbonyl (C=O) groups is 1. The van der Waals surface area contributed by atoms with Gasteiger partial charge in [0.15, 0.2) is 0 Å². The summed E-state index contributed by atoms with van der Waals surface area (Å²) in [7, 11) is 0. The van der Waals surface area contributed by atoms with Gasteiger partial charge in [0.25, 0.3) is 5.91 Å². The highest BCUT2D eigenvalue weighted by Gasteiger charge is 2.09. The molecule has 2 aromatic carbocycles. The smallest absolute Gasteiger partial charge is 0.257 e. The standard InChI is InChI=1S/C22H23N3O2/c1-4-27-20-8-6-5-7-18(20)24-21-12-11-17(14-23-21)22(26)25-19-13-15(2)9-10-16(19)3/h5-14H,4H2,1-3H3,(H,23,24)(H,25,26). The van der Waals surface area contributed by atoms with Crippen molar-refractivity contribution in [3.63, 3.8) is 0 Å². The summed E-state index contributed by atoms with van der Waals surface area (Å²) < 4.78 is 5.60. The van der Waals surface area contributed by atoms with E-state index in [9.17, 15) is 4.79 Å². The van der Waals surface area contributed by atoms with Crippen LogP contribution in [-0.2, 0) is 0 Å². The number of aromatic nitrogens is 1. The molecule has 1 heterocycles. The first-order chi connectivity index (χ1) is 13.1. The Morgan fingerprint density at radius 1 is 1.04 bits per heavy atom. The third kappa shape index (κ3) is 4.64. The van der Waals surface area contributed by atoms with E-state index in [4.69, 9.17) is 4.74 Å². The van der Waals surface area contributed by atoms with E-state index in [2.05, 4.69) is 15.6 Å². The van der Waals surface area contributed by atoms with Crippen molar-refractivity contribution in [1.29, 1.82) is 0 Å². The largest absolute Gasteiger partial charge is 0.492 e. The molecule has 0 spiro atoms. The molecule has 3 rings (SSSR count). The third-order valence-electron chi connectivity index (χ3n) is 4.12. The summed E-state index contributed by atoms with van der Waals surface area (Å²) in [5.74, 6) is 1.22. The number of para-hydroxylation sites is 2. The second-order valence-corrected chi connectivity index (χ2v) is 6.26. The number of carbonyl (C=O) groups excluding carboxylic acids is 1. The summed E-state index contributed by atoms with van der Waals surface area (Å²) in [6, 6.07) is 17.2. The highest BCUT2D eigenvalue weighted by atomic mass is 16.5. The molecule has 138 valence electrons. The fourth-order valence-corrected chi connectivity index (χ4v) is 2.66. The Kier molecular flexibility index (Phi) is 5.71. The number of rotatable bonds is 6. The summed E-state index contributed by atoms with van der Waals surface area (Å²) in [5, 5.41) is 6.16. The van der Waals surface area contributed by atoms with Crippen molar-refractivity contribution >= 4 is 23.1 Å². The van der Waals surface area contributed by atoms with Crippen molar-refractivity contribution in [2.24, 2.45) is 0 Å². The normalized spacial score (nSPS) is 10.3. The van der Waals surface area contributed by atoms with Gasteiger partial charge in [-0.1, -0.05) is 24.3 Å². The van der Waals surface area contributed by atoms with Crippen LogP contribution in [-0.4, -0.2) is 17.5 Å². The molecule has 0 bridgehead atoms. The second-order valence-electron chi connectivity index (χ2n) is 6.26. The van der Waals surface area contributed by atoms with Crippen LogP contribution in [0.1, 0.15) is 28.4 Å². The number of amides is 1. The van der Waals surface area contributed by atoms with E-state index in [0.29, 0.717) is 18.0 Å². The molecule has 1 amide bonds. The van der Waals surface area contributed by atoms with E-state index < -0.39 is 0 Å². The molecule has 5 heteroatoms. The number of pyridine rings is 1. The molecule has 0 atom stereocenters. The van der Waals surface area contributed by atoms with Gasteiger partial charge in [-0.15, -0.1) is 0 Å². The molecule has 1 aromatic heterocycles. The van der Waals surface area contributed by atoms with Crippen LogP contribution in [0.25, 0.3) is 0 Å². The average Bonchev–Trinajstić information content (AvgIpc) is 2.67. The van der Waals surface area contributed by atoms with Gasteiger partial charge in [0.1, 0.15) is 11.6 Å². The van der Waals surface area contributed by atoms with Gasteiger partial charge in [-0.3, -0.25) is 4.79 Å². The molecule has 5 nitrogen and oxygen atoms in total. The quantitative estimate of drug-likeness (QED) is 0.642. The summed E-state index contributed by atoms with van der Waals surface area (Å²) in [4.78, 5) is 16.8. The van der Waals surface area contributed by atoms with E-state index in [1.54, 1.807) is 18.3 Å². The summed E-state index contributed by atoms with van der Waals surface area (Å²) in [6.45, 7) is 6.50. The Bertz CT molecular complexity index is 937. The minimum atomic E-state index is -0.183. The van der Waals surface area contributed by atoms with E-state index in [-0.39, 0.29) is 5.91 Å². The number of nitrogens with one attached hydrogen (secondary N) is 2. The number of nitrogens with zero attached hydrogens (tertiary/aromatic N) is 1. The molecule has 0 saturated heterocycles. The second kappa shape index (κ2) is 8.36. The number of benzene rings is 2. The Morgan fingerprint density at radius 3 is 2.59 bits per heavy atom. The lowest BCUT2D eigenvalue weighted by molar-refractivity contribution is 0.102. The molecule has 27 heavy (non-hydrogen) atoms. The molecule has 2 N–H and O–H groups in total. The maximum atomic E-state index is 12.5. The van der Waals surface area contributed by atoms with Gasteiger partial charge < -0.3 is 15.4 Å². The van der Waals surface area contributed by atoms with Gasteiger partial charge in [0.05, 0.1) is 17.9 Å². The van der Waals surface area contributed by atoms with E-state index in [1.807, 2.05) is 63.2 Å². The number of anilines is 3. The number of hydrogen-bond donors (Lipinski definition) is 2. The molecule has 3 aromatic rings. The highest BCUT2D eigenvalue weighted by molar-refractivity contribution is 6.04. The molecule has 0 aliphatic rings. The summed E-state index contributed by atoms with van der Waals surface area (Å²) >= 11 is 0. The van der Waals surface area contributed by atoms with Crippen LogP contribution < -0.4 is 15.4 Å². The van der Waals surface area contributed by atoms with Gasteiger partial charge >= 0.3 is 0 Å². The highest BCUT2D eigenvalue weighted by Crippen LogP contribution is 2.26. The minimum Gasteiger partial charge on any atom is -0.492 e. The topological polar surface area (TPSA) is 63.2 Å². The van der Waals surface area contributed by atoms with Crippen molar-refractivity contribution in [1.82, 2.24) is 4.98 Å². The van der Waals surface area contributed by atoms with Crippen LogP contribution in [0, 0.1) is 13.8 Å². The first-order valence-corrected chi connectivity index (χ1v) is 8.90. The number of aryl methyl sites for hydroxylation is 2. The zero-order valence-corrected chi connectivity index (χ0v) is 15.7. The van der Waals surface area contributed by atoms with E-state index in [0.717, 1.165) is 28.3 Å². The molecule has 0 saturated carbocycles. The van der Waals surface area contributed by atoms with Crippen molar-refractivity contribution in [3.8, 4) is 5.75 Å². The SMILES string of the molecule is CCOc1ccccc1Nc1ccc(C(=O)Nc2cc(C)ccc2C)cn1. The van der Waals surface area contributed by atoms with Crippen molar-refractivity contribution in [2.75, 3.05) is 17.2 Å². The zero-order valence-electron chi connectivity index (χ0n) is 15.7. The van der Waals surface area contributed by atoms with Crippen LogP contribution >= 0.6 is 0 Å². The first kappa shape index (κ1) is 18.5. The van der Waals surface area contributed by atoms with Crippen LogP contribution in [0.4, 0.5) is 17.2 Å². The third-order valence-corrected chi connectivity index (χ3v) is 4.12. The molecule has 0 aliphatic heterocycles. The van der Waals surface area contributed by atoms with Gasteiger partial charge in [-0.25, -0.2) is 4.98 Å². The predicted molar refractivity (Wildman–Crippen MR) is 109 cm³/mol. The zero-order chi connectivity index (χ0) is 19.2. The lowest BCUT2D eigenvalue weighted by Crippen LogP contribution is -2.13. The Labute approximate surface area is 159 Å². The number of ether oxygens (including phenoxy) is 1. The lowest BCUT2D eigenvalue weighted by atomic mass is 10.1.